The molecule has 0 saturated carbocycles. The van der Waals surface area contributed by atoms with E-state index in [0.717, 1.165) is 6.07 Å². The van der Waals surface area contributed by atoms with Crippen molar-refractivity contribution in [3.05, 3.63) is 42.3 Å². The molecule has 0 amide bonds. The fourth-order valence-corrected chi connectivity index (χ4v) is 3.89. The Morgan fingerprint density at radius 2 is 1.79 bits per heavy atom. The zero-order chi connectivity index (χ0) is 21.4. The highest BCUT2D eigenvalue weighted by atomic mass is 32.2. The maximum atomic E-state index is 14.0. The van der Waals surface area contributed by atoms with Crippen molar-refractivity contribution in [2.75, 3.05) is 11.3 Å². The summed E-state index contributed by atoms with van der Waals surface area (Å²) >= 11 is 0. The SMILES string of the molecule is CCOc1ncc(B2OC(C)(C)C(C)(C)O2)cc1NS(=O)(=O)c1ccccc1F. The lowest BCUT2D eigenvalue weighted by Crippen LogP contribution is -2.41. The molecule has 1 saturated heterocycles. The molecular weight excluding hydrogens is 398 g/mol. The number of sulfonamides is 1. The summed E-state index contributed by atoms with van der Waals surface area (Å²) in [6, 6.07) is 6.65. The number of rotatable bonds is 6. The van der Waals surface area contributed by atoms with Crippen molar-refractivity contribution in [3.8, 4) is 5.88 Å². The third kappa shape index (κ3) is 4.24. The lowest BCUT2D eigenvalue weighted by Gasteiger charge is -2.32. The molecule has 1 aromatic heterocycles. The molecule has 2 heterocycles. The number of aromatic nitrogens is 1. The van der Waals surface area contributed by atoms with Crippen molar-refractivity contribution < 1.29 is 26.9 Å². The molecule has 156 valence electrons. The summed E-state index contributed by atoms with van der Waals surface area (Å²) in [4.78, 5) is 3.74. The number of ether oxygens (including phenoxy) is 1. The van der Waals surface area contributed by atoms with Gasteiger partial charge in [0.1, 0.15) is 16.4 Å². The third-order valence-electron chi connectivity index (χ3n) is 5.05. The number of anilines is 1. The van der Waals surface area contributed by atoms with Gasteiger partial charge in [-0.05, 0) is 52.8 Å². The van der Waals surface area contributed by atoms with Gasteiger partial charge in [0.05, 0.1) is 17.8 Å². The van der Waals surface area contributed by atoms with Crippen LogP contribution in [-0.4, -0.2) is 38.3 Å². The quantitative estimate of drug-likeness (QED) is 0.721. The van der Waals surface area contributed by atoms with Gasteiger partial charge in [-0.3, -0.25) is 4.72 Å². The molecule has 0 unspecified atom stereocenters. The Bertz CT molecular complexity index is 997. The van der Waals surface area contributed by atoms with Crippen LogP contribution in [-0.2, 0) is 19.3 Å². The van der Waals surface area contributed by atoms with E-state index in [2.05, 4.69) is 9.71 Å². The van der Waals surface area contributed by atoms with Gasteiger partial charge in [-0.15, -0.1) is 0 Å². The summed E-state index contributed by atoms with van der Waals surface area (Å²) in [6.07, 6.45) is 1.51. The second kappa shape index (κ2) is 7.58. The minimum atomic E-state index is -4.20. The average Bonchev–Trinajstić information content (AvgIpc) is 2.84. The van der Waals surface area contributed by atoms with Gasteiger partial charge in [0, 0.05) is 11.7 Å². The zero-order valence-electron chi connectivity index (χ0n) is 17.0. The minimum Gasteiger partial charge on any atom is -0.476 e. The van der Waals surface area contributed by atoms with Crippen molar-refractivity contribution in [1.82, 2.24) is 4.98 Å². The summed E-state index contributed by atoms with van der Waals surface area (Å²) in [5.41, 5.74) is -0.549. The second-order valence-corrected chi connectivity index (χ2v) is 9.33. The maximum absolute atomic E-state index is 14.0. The summed E-state index contributed by atoms with van der Waals surface area (Å²) < 4.78 is 59.3. The fraction of sp³-hybridized carbons (Fsp3) is 0.421. The molecule has 10 heteroatoms. The molecule has 0 spiro atoms. The largest absolute Gasteiger partial charge is 0.496 e. The summed E-state index contributed by atoms with van der Waals surface area (Å²) in [7, 11) is -4.93. The maximum Gasteiger partial charge on any atom is 0.496 e. The van der Waals surface area contributed by atoms with Gasteiger partial charge in [-0.1, -0.05) is 12.1 Å². The highest BCUT2D eigenvalue weighted by molar-refractivity contribution is 7.92. The monoisotopic (exact) mass is 422 g/mol. The Morgan fingerprint density at radius 3 is 2.38 bits per heavy atom. The molecule has 2 aromatic rings. The van der Waals surface area contributed by atoms with Crippen molar-refractivity contribution in [2.45, 2.75) is 50.7 Å². The molecule has 1 fully saturated rings. The van der Waals surface area contributed by atoms with Crippen molar-refractivity contribution in [3.63, 3.8) is 0 Å². The predicted molar refractivity (Wildman–Crippen MR) is 108 cm³/mol. The molecule has 1 aliphatic rings. The number of benzene rings is 1. The molecule has 0 atom stereocenters. The number of pyridine rings is 1. The van der Waals surface area contributed by atoms with E-state index in [-0.39, 0.29) is 18.2 Å². The first-order valence-corrected chi connectivity index (χ1v) is 10.7. The van der Waals surface area contributed by atoms with E-state index < -0.39 is 39.1 Å². The number of nitrogens with one attached hydrogen (secondary N) is 1. The van der Waals surface area contributed by atoms with E-state index in [9.17, 15) is 12.8 Å². The third-order valence-corrected chi connectivity index (χ3v) is 6.45. The smallest absolute Gasteiger partial charge is 0.476 e. The Labute approximate surface area is 170 Å². The van der Waals surface area contributed by atoms with Crippen LogP contribution in [0, 0.1) is 5.82 Å². The number of hydrogen-bond acceptors (Lipinski definition) is 6. The van der Waals surface area contributed by atoms with Crippen molar-refractivity contribution >= 4 is 28.3 Å². The predicted octanol–water partition coefficient (Wildman–Crippen LogP) is 2.72. The minimum absolute atomic E-state index is 0.0716. The lowest BCUT2D eigenvalue weighted by atomic mass is 9.80. The molecule has 0 aliphatic carbocycles. The van der Waals surface area contributed by atoms with Gasteiger partial charge in [-0.2, -0.15) is 0 Å². The van der Waals surface area contributed by atoms with Gasteiger partial charge in [0.2, 0.25) is 5.88 Å². The first-order chi connectivity index (χ1) is 13.5. The van der Waals surface area contributed by atoms with Crippen LogP contribution < -0.4 is 14.9 Å². The average molecular weight is 422 g/mol. The molecule has 0 bridgehead atoms. The van der Waals surface area contributed by atoms with Crippen LogP contribution in [0.1, 0.15) is 34.6 Å². The molecule has 7 nitrogen and oxygen atoms in total. The van der Waals surface area contributed by atoms with Crippen LogP contribution in [0.25, 0.3) is 0 Å². The van der Waals surface area contributed by atoms with E-state index in [4.69, 9.17) is 14.0 Å². The summed E-state index contributed by atoms with van der Waals surface area (Å²) in [5.74, 6) is -0.777. The van der Waals surface area contributed by atoms with Crippen LogP contribution in [0.15, 0.2) is 41.4 Å². The second-order valence-electron chi connectivity index (χ2n) is 7.68. The van der Waals surface area contributed by atoms with Crippen LogP contribution in [0.3, 0.4) is 0 Å². The fourth-order valence-electron chi connectivity index (χ4n) is 2.76. The van der Waals surface area contributed by atoms with E-state index in [1.165, 1.54) is 30.5 Å². The zero-order valence-corrected chi connectivity index (χ0v) is 17.8. The van der Waals surface area contributed by atoms with Crippen LogP contribution >= 0.6 is 0 Å². The van der Waals surface area contributed by atoms with Crippen LogP contribution in [0.5, 0.6) is 5.88 Å². The molecule has 1 aromatic carbocycles. The van der Waals surface area contributed by atoms with Crippen molar-refractivity contribution in [2.24, 2.45) is 0 Å². The highest BCUT2D eigenvalue weighted by Crippen LogP contribution is 2.37. The Kier molecular flexibility index (Phi) is 5.63. The molecule has 1 aliphatic heterocycles. The summed E-state index contributed by atoms with van der Waals surface area (Å²) in [6.45, 7) is 9.68. The van der Waals surface area contributed by atoms with Crippen LogP contribution in [0.2, 0.25) is 0 Å². The molecule has 0 radical (unpaired) electrons. The van der Waals surface area contributed by atoms with Gasteiger partial charge in [0.25, 0.3) is 10.0 Å². The van der Waals surface area contributed by atoms with Gasteiger partial charge in [-0.25, -0.2) is 17.8 Å². The molecule has 3 rings (SSSR count). The first kappa shape index (κ1) is 21.5. The van der Waals surface area contributed by atoms with Gasteiger partial charge >= 0.3 is 7.12 Å². The standard InChI is InChI=1S/C19H24BFN2O5S/c1-6-26-17-15(23-29(24,25)16-10-8-7-9-14(16)21)11-13(12-22-17)20-27-18(2,3)19(4,5)28-20/h7-12,23H,6H2,1-5H3. The van der Waals surface area contributed by atoms with E-state index in [1.54, 1.807) is 6.92 Å². The Morgan fingerprint density at radius 1 is 1.17 bits per heavy atom. The normalized spacial score (nSPS) is 17.9. The number of hydrogen-bond donors (Lipinski definition) is 1. The van der Waals surface area contributed by atoms with Gasteiger partial charge < -0.3 is 14.0 Å². The topological polar surface area (TPSA) is 86.8 Å². The first-order valence-electron chi connectivity index (χ1n) is 9.22. The molecule has 29 heavy (non-hydrogen) atoms. The number of halogens is 1. The molecular formula is C19H24BFN2O5S. The van der Waals surface area contributed by atoms with Gasteiger partial charge in [0.15, 0.2) is 0 Å². The van der Waals surface area contributed by atoms with E-state index in [0.29, 0.717) is 5.46 Å². The van der Waals surface area contributed by atoms with E-state index >= 15 is 0 Å². The Hall–Kier alpha value is -2.17. The Balaban J connectivity index is 1.98. The summed E-state index contributed by atoms with van der Waals surface area (Å²) in [5, 5.41) is 0. The lowest BCUT2D eigenvalue weighted by molar-refractivity contribution is 0.00578. The highest BCUT2D eigenvalue weighted by Gasteiger charge is 2.52. The van der Waals surface area contributed by atoms with Crippen LogP contribution in [0.4, 0.5) is 10.1 Å². The molecule has 1 N–H and O–H groups in total. The number of nitrogens with zero attached hydrogens (tertiary/aromatic N) is 1. The van der Waals surface area contributed by atoms with Crippen molar-refractivity contribution in [1.29, 1.82) is 0 Å². The van der Waals surface area contributed by atoms with E-state index in [1.807, 2.05) is 27.7 Å².